The van der Waals surface area contributed by atoms with Gasteiger partial charge in [-0.3, -0.25) is 9.59 Å². The number of benzene rings is 5. The lowest BCUT2D eigenvalue weighted by Crippen LogP contribution is -2.21. The van der Waals surface area contributed by atoms with Gasteiger partial charge >= 0.3 is 11.9 Å². The second-order valence-corrected chi connectivity index (χ2v) is 9.72. The standard InChI is InChI=1S/C36H26O9/c1-43-26-19-17-22(18-20-26)21-44-36(42)27-28(30(37)23-11-5-2-6-12-23)32(39)33(40)34(45-35(41)25-15-9-4-10-16-25)29(27)31(38)24-13-7-3-8-14-24/h2-20,39-40H,21H2,1H3. The molecule has 0 aliphatic heterocycles. The minimum Gasteiger partial charge on any atom is -0.504 e. The van der Waals surface area contributed by atoms with Crippen LogP contribution in [0.2, 0.25) is 0 Å². The number of phenolic OH excluding ortho intramolecular Hbond substituents is 2. The second kappa shape index (κ2) is 13.4. The molecule has 9 nitrogen and oxygen atoms in total. The Balaban J connectivity index is 1.73. The first kappa shape index (κ1) is 30.2. The molecule has 5 aromatic carbocycles. The van der Waals surface area contributed by atoms with Crippen molar-refractivity contribution in [2.24, 2.45) is 0 Å². The maximum atomic E-state index is 14.1. The van der Waals surface area contributed by atoms with Gasteiger partial charge in [-0.2, -0.15) is 0 Å². The van der Waals surface area contributed by atoms with Gasteiger partial charge in [0.15, 0.2) is 23.1 Å². The van der Waals surface area contributed by atoms with Crippen LogP contribution in [0.4, 0.5) is 0 Å². The Kier molecular flexibility index (Phi) is 9.00. The Morgan fingerprint density at radius 2 is 1.04 bits per heavy atom. The zero-order valence-corrected chi connectivity index (χ0v) is 23.9. The van der Waals surface area contributed by atoms with Gasteiger partial charge in [0.1, 0.15) is 12.4 Å². The van der Waals surface area contributed by atoms with Gasteiger partial charge in [-0.25, -0.2) is 9.59 Å². The third-order valence-electron chi connectivity index (χ3n) is 6.87. The summed E-state index contributed by atoms with van der Waals surface area (Å²) in [4.78, 5) is 55.1. The fraction of sp³-hybridized carbons (Fsp3) is 0.0556. The third kappa shape index (κ3) is 6.42. The van der Waals surface area contributed by atoms with Crippen LogP contribution < -0.4 is 9.47 Å². The molecule has 5 rings (SSSR count). The predicted octanol–water partition coefficient (Wildman–Crippen LogP) is 6.14. The van der Waals surface area contributed by atoms with Gasteiger partial charge in [0.05, 0.1) is 29.4 Å². The summed E-state index contributed by atoms with van der Waals surface area (Å²) in [5.41, 5.74) is -1.32. The number of hydrogen-bond donors (Lipinski definition) is 2. The molecule has 0 spiro atoms. The molecule has 0 saturated heterocycles. The van der Waals surface area contributed by atoms with Gasteiger partial charge in [0, 0.05) is 11.1 Å². The number of phenols is 2. The highest BCUT2D eigenvalue weighted by molar-refractivity contribution is 6.24. The number of esters is 2. The second-order valence-electron chi connectivity index (χ2n) is 9.72. The summed E-state index contributed by atoms with van der Waals surface area (Å²) in [5.74, 6) is -6.32. The lowest BCUT2D eigenvalue weighted by molar-refractivity contribution is 0.0464. The number of hydrogen-bond acceptors (Lipinski definition) is 9. The van der Waals surface area contributed by atoms with Gasteiger partial charge < -0.3 is 24.4 Å². The van der Waals surface area contributed by atoms with E-state index in [2.05, 4.69) is 0 Å². The van der Waals surface area contributed by atoms with Crippen molar-refractivity contribution in [3.8, 4) is 23.0 Å². The SMILES string of the molecule is COc1ccc(COC(=O)c2c(C(=O)c3ccccc3)c(O)c(O)c(OC(=O)c3ccccc3)c2C(=O)c2ccccc2)cc1. The number of methoxy groups -OCH3 is 1. The summed E-state index contributed by atoms with van der Waals surface area (Å²) in [5, 5.41) is 22.5. The molecule has 45 heavy (non-hydrogen) atoms. The number of carbonyl (C=O) groups excluding carboxylic acids is 4. The molecule has 0 aliphatic rings. The lowest BCUT2D eigenvalue weighted by Gasteiger charge is -2.20. The van der Waals surface area contributed by atoms with Crippen LogP contribution in [0.25, 0.3) is 0 Å². The van der Waals surface area contributed by atoms with Crippen LogP contribution in [-0.2, 0) is 11.3 Å². The Morgan fingerprint density at radius 3 is 1.56 bits per heavy atom. The van der Waals surface area contributed by atoms with Crippen molar-refractivity contribution in [2.45, 2.75) is 6.61 Å². The van der Waals surface area contributed by atoms with Gasteiger partial charge in [0.2, 0.25) is 5.75 Å². The quantitative estimate of drug-likeness (QED) is 0.0835. The highest BCUT2D eigenvalue weighted by Crippen LogP contribution is 2.46. The van der Waals surface area contributed by atoms with Crippen LogP contribution in [-0.4, -0.2) is 40.8 Å². The maximum Gasteiger partial charge on any atom is 0.343 e. The highest BCUT2D eigenvalue weighted by atomic mass is 16.5. The summed E-state index contributed by atoms with van der Waals surface area (Å²) in [6.07, 6.45) is 0. The summed E-state index contributed by atoms with van der Waals surface area (Å²) < 4.78 is 16.2. The van der Waals surface area contributed by atoms with E-state index in [4.69, 9.17) is 14.2 Å². The van der Waals surface area contributed by atoms with E-state index in [1.807, 2.05) is 0 Å². The van der Waals surface area contributed by atoms with Crippen molar-refractivity contribution in [1.29, 1.82) is 0 Å². The summed E-state index contributed by atoms with van der Waals surface area (Å²) >= 11 is 0. The third-order valence-corrected chi connectivity index (χ3v) is 6.87. The van der Waals surface area contributed by atoms with Crippen LogP contribution in [0, 0.1) is 0 Å². The molecule has 0 heterocycles. The number of aromatic hydroxyl groups is 2. The van der Waals surface area contributed by atoms with E-state index in [0.717, 1.165) is 0 Å². The van der Waals surface area contributed by atoms with Gasteiger partial charge in [-0.1, -0.05) is 91.0 Å². The molecule has 0 fully saturated rings. The number of rotatable bonds is 10. The first-order chi connectivity index (χ1) is 21.8. The average Bonchev–Trinajstić information content (AvgIpc) is 3.09. The average molecular weight is 603 g/mol. The highest BCUT2D eigenvalue weighted by Gasteiger charge is 2.37. The molecule has 0 radical (unpaired) electrons. The molecule has 224 valence electrons. The van der Waals surface area contributed by atoms with Gasteiger partial charge in [-0.15, -0.1) is 0 Å². The largest absolute Gasteiger partial charge is 0.504 e. The van der Waals surface area contributed by atoms with E-state index < -0.39 is 57.4 Å². The van der Waals surface area contributed by atoms with Crippen molar-refractivity contribution in [2.75, 3.05) is 7.11 Å². The van der Waals surface area contributed by atoms with E-state index >= 15 is 0 Å². The van der Waals surface area contributed by atoms with E-state index in [1.54, 1.807) is 78.9 Å². The van der Waals surface area contributed by atoms with Crippen LogP contribution >= 0.6 is 0 Å². The van der Waals surface area contributed by atoms with Crippen LogP contribution in [0.5, 0.6) is 23.0 Å². The molecule has 0 aliphatic carbocycles. The first-order valence-electron chi connectivity index (χ1n) is 13.7. The smallest absolute Gasteiger partial charge is 0.343 e. The molecular weight excluding hydrogens is 576 g/mol. The number of ether oxygens (including phenoxy) is 3. The molecule has 0 unspecified atom stereocenters. The van der Waals surface area contributed by atoms with Crippen molar-refractivity contribution >= 4 is 23.5 Å². The van der Waals surface area contributed by atoms with Crippen molar-refractivity contribution < 1.29 is 43.6 Å². The normalized spacial score (nSPS) is 10.5. The fourth-order valence-corrected chi connectivity index (χ4v) is 4.58. The first-order valence-corrected chi connectivity index (χ1v) is 13.7. The summed E-state index contributed by atoms with van der Waals surface area (Å²) in [6.45, 7) is -0.290. The zero-order chi connectivity index (χ0) is 31.9. The maximum absolute atomic E-state index is 14.1. The lowest BCUT2D eigenvalue weighted by atomic mass is 9.88. The molecule has 5 aromatic rings. The predicted molar refractivity (Wildman–Crippen MR) is 163 cm³/mol. The molecule has 0 amide bonds. The molecule has 0 saturated carbocycles. The number of ketones is 2. The Bertz CT molecular complexity index is 1870. The fourth-order valence-electron chi connectivity index (χ4n) is 4.58. The van der Waals surface area contributed by atoms with E-state index in [0.29, 0.717) is 11.3 Å². The van der Waals surface area contributed by atoms with Crippen molar-refractivity contribution in [3.05, 3.63) is 154 Å². The Hall–Kier alpha value is -6.22. The molecule has 0 bridgehead atoms. The van der Waals surface area contributed by atoms with Crippen molar-refractivity contribution in [3.63, 3.8) is 0 Å². The molecule has 2 N–H and O–H groups in total. The van der Waals surface area contributed by atoms with Crippen LogP contribution in [0.1, 0.15) is 58.1 Å². The number of carbonyl (C=O) groups is 4. The summed E-state index contributed by atoms with van der Waals surface area (Å²) in [6, 6.07) is 29.7. The zero-order valence-electron chi connectivity index (χ0n) is 23.9. The summed E-state index contributed by atoms with van der Waals surface area (Å²) in [7, 11) is 1.51. The van der Waals surface area contributed by atoms with E-state index in [1.165, 1.54) is 43.5 Å². The molecule has 0 atom stereocenters. The molecule has 0 aromatic heterocycles. The Labute approximate surface area is 257 Å². The minimum absolute atomic E-state index is 0.0434. The van der Waals surface area contributed by atoms with Crippen LogP contribution in [0.3, 0.4) is 0 Å². The van der Waals surface area contributed by atoms with Crippen molar-refractivity contribution in [1.82, 2.24) is 0 Å². The van der Waals surface area contributed by atoms with E-state index in [9.17, 15) is 29.4 Å². The Morgan fingerprint density at radius 1 is 0.556 bits per heavy atom. The molecule has 9 heteroatoms. The van der Waals surface area contributed by atoms with Gasteiger partial charge in [0.25, 0.3) is 0 Å². The monoisotopic (exact) mass is 602 g/mol. The molecular formula is C36H26O9. The van der Waals surface area contributed by atoms with E-state index in [-0.39, 0.29) is 23.3 Å². The van der Waals surface area contributed by atoms with Crippen LogP contribution in [0.15, 0.2) is 115 Å². The minimum atomic E-state index is -1.18. The topological polar surface area (TPSA) is 136 Å². The van der Waals surface area contributed by atoms with Gasteiger partial charge in [-0.05, 0) is 29.8 Å².